The van der Waals surface area contributed by atoms with Crippen molar-refractivity contribution < 1.29 is 4.74 Å². The zero-order chi connectivity index (χ0) is 11.5. The molecule has 0 aliphatic heterocycles. The fourth-order valence-corrected chi connectivity index (χ4v) is 1.70. The lowest BCUT2D eigenvalue weighted by atomic mass is 10.1. The summed E-state index contributed by atoms with van der Waals surface area (Å²) in [6.07, 6.45) is 7.24. The van der Waals surface area contributed by atoms with E-state index < -0.39 is 0 Å². The van der Waals surface area contributed by atoms with Crippen LogP contribution in [0.2, 0.25) is 0 Å². The number of nitrogens with two attached hydrogens (primary N) is 2. The minimum atomic E-state index is 0.385. The van der Waals surface area contributed by atoms with Gasteiger partial charge in [-0.3, -0.25) is 0 Å². The van der Waals surface area contributed by atoms with E-state index in [9.17, 15) is 0 Å². The number of hydrogen-bond donors (Lipinski definition) is 2. The summed E-state index contributed by atoms with van der Waals surface area (Å²) in [6, 6.07) is 0. The zero-order valence-electron chi connectivity index (χ0n) is 10.4. The van der Waals surface area contributed by atoms with Crippen molar-refractivity contribution in [1.29, 1.82) is 0 Å². The van der Waals surface area contributed by atoms with Crippen LogP contribution < -0.4 is 11.5 Å². The normalized spacial score (nSPS) is 15.2. The molecule has 0 fully saturated rings. The van der Waals surface area contributed by atoms with Crippen molar-refractivity contribution in [3.05, 3.63) is 0 Å². The molecule has 0 heterocycles. The molecule has 0 saturated carbocycles. The van der Waals surface area contributed by atoms with Crippen molar-refractivity contribution >= 4 is 0 Å². The molecule has 0 bridgehead atoms. The van der Waals surface area contributed by atoms with Gasteiger partial charge in [-0.15, -0.1) is 0 Å². The highest BCUT2D eigenvalue weighted by Gasteiger charge is 2.12. The van der Waals surface area contributed by atoms with E-state index in [1.165, 1.54) is 0 Å². The molecule has 0 aromatic carbocycles. The summed E-state index contributed by atoms with van der Waals surface area (Å²) < 4.78 is 6.04. The maximum absolute atomic E-state index is 6.04. The zero-order valence-corrected chi connectivity index (χ0v) is 10.4. The van der Waals surface area contributed by atoms with Crippen LogP contribution in [-0.2, 0) is 4.74 Å². The highest BCUT2D eigenvalue weighted by molar-refractivity contribution is 4.63. The molecule has 0 spiro atoms. The van der Waals surface area contributed by atoms with Crippen LogP contribution in [0.3, 0.4) is 0 Å². The molecule has 2 unspecified atom stereocenters. The van der Waals surface area contributed by atoms with Crippen LogP contribution in [0.25, 0.3) is 0 Å². The summed E-state index contributed by atoms with van der Waals surface area (Å²) in [7, 11) is 0. The second-order valence-electron chi connectivity index (χ2n) is 4.06. The summed E-state index contributed by atoms with van der Waals surface area (Å²) in [5.41, 5.74) is 11.0. The molecule has 3 nitrogen and oxygen atoms in total. The minimum Gasteiger partial charge on any atom is -0.375 e. The summed E-state index contributed by atoms with van der Waals surface area (Å²) in [4.78, 5) is 0. The smallest absolute Gasteiger partial charge is 0.0576 e. The lowest BCUT2D eigenvalue weighted by Crippen LogP contribution is -2.23. The van der Waals surface area contributed by atoms with Gasteiger partial charge in [0.1, 0.15) is 0 Å². The molecule has 0 rings (SSSR count). The van der Waals surface area contributed by atoms with Crippen LogP contribution in [0, 0.1) is 0 Å². The van der Waals surface area contributed by atoms with Crippen molar-refractivity contribution in [3.63, 3.8) is 0 Å². The van der Waals surface area contributed by atoms with E-state index in [2.05, 4.69) is 13.8 Å². The highest BCUT2D eigenvalue weighted by atomic mass is 16.5. The Hall–Kier alpha value is -0.120. The predicted octanol–water partition coefficient (Wildman–Crippen LogP) is 2.04. The van der Waals surface area contributed by atoms with E-state index in [-0.39, 0.29) is 0 Å². The monoisotopic (exact) mass is 216 g/mol. The lowest BCUT2D eigenvalue weighted by Gasteiger charge is -2.23. The second-order valence-corrected chi connectivity index (χ2v) is 4.06. The maximum atomic E-state index is 6.04. The van der Waals surface area contributed by atoms with Crippen molar-refractivity contribution in [2.45, 2.75) is 64.6 Å². The Morgan fingerprint density at radius 3 is 1.53 bits per heavy atom. The SMILES string of the molecule is CCC(CCCN)OC(CC)CCCN. The molecule has 0 aliphatic carbocycles. The predicted molar refractivity (Wildman–Crippen MR) is 65.8 cm³/mol. The van der Waals surface area contributed by atoms with Gasteiger partial charge in [0, 0.05) is 0 Å². The van der Waals surface area contributed by atoms with Crippen molar-refractivity contribution in [2.75, 3.05) is 13.1 Å². The van der Waals surface area contributed by atoms with Crippen LogP contribution >= 0.6 is 0 Å². The second kappa shape index (κ2) is 10.4. The number of rotatable bonds is 10. The third-order valence-electron chi connectivity index (χ3n) is 2.76. The molecule has 0 saturated heterocycles. The summed E-state index contributed by atoms with van der Waals surface area (Å²) >= 11 is 0. The molecule has 0 amide bonds. The summed E-state index contributed by atoms with van der Waals surface area (Å²) in [6.45, 7) is 5.88. The summed E-state index contributed by atoms with van der Waals surface area (Å²) in [5, 5.41) is 0. The van der Waals surface area contributed by atoms with Gasteiger partial charge in [-0.05, 0) is 51.6 Å². The molecular weight excluding hydrogens is 188 g/mol. The van der Waals surface area contributed by atoms with E-state index in [1.807, 2.05) is 0 Å². The van der Waals surface area contributed by atoms with Gasteiger partial charge in [0.25, 0.3) is 0 Å². The van der Waals surface area contributed by atoms with Gasteiger partial charge >= 0.3 is 0 Å². The van der Waals surface area contributed by atoms with E-state index in [4.69, 9.17) is 16.2 Å². The van der Waals surface area contributed by atoms with Gasteiger partial charge in [0.15, 0.2) is 0 Å². The van der Waals surface area contributed by atoms with Crippen LogP contribution in [0.15, 0.2) is 0 Å². The molecule has 3 heteroatoms. The third kappa shape index (κ3) is 7.77. The van der Waals surface area contributed by atoms with E-state index in [1.54, 1.807) is 0 Å². The Balaban J connectivity index is 3.77. The van der Waals surface area contributed by atoms with Gasteiger partial charge in [-0.2, -0.15) is 0 Å². The van der Waals surface area contributed by atoms with Crippen molar-refractivity contribution in [3.8, 4) is 0 Å². The molecule has 92 valence electrons. The molecule has 4 N–H and O–H groups in total. The summed E-state index contributed by atoms with van der Waals surface area (Å²) in [5.74, 6) is 0. The molecule has 0 aromatic rings. The topological polar surface area (TPSA) is 61.3 Å². The van der Waals surface area contributed by atoms with Crippen LogP contribution in [0.1, 0.15) is 52.4 Å². The Morgan fingerprint density at radius 2 is 1.27 bits per heavy atom. The van der Waals surface area contributed by atoms with Crippen LogP contribution in [-0.4, -0.2) is 25.3 Å². The Morgan fingerprint density at radius 1 is 0.867 bits per heavy atom. The largest absolute Gasteiger partial charge is 0.375 e. The standard InChI is InChI=1S/C12H28N2O/c1-3-11(7-5-9-13)15-12(4-2)8-6-10-14/h11-12H,3-10,13-14H2,1-2H3. The van der Waals surface area contributed by atoms with Gasteiger partial charge in [0.2, 0.25) is 0 Å². The third-order valence-corrected chi connectivity index (χ3v) is 2.76. The van der Waals surface area contributed by atoms with E-state index in [0.29, 0.717) is 12.2 Å². The Bertz CT molecular complexity index is 117. The van der Waals surface area contributed by atoms with Crippen molar-refractivity contribution in [1.82, 2.24) is 0 Å². The molecular formula is C12H28N2O. The van der Waals surface area contributed by atoms with E-state index in [0.717, 1.165) is 51.6 Å². The first kappa shape index (κ1) is 14.9. The number of ether oxygens (including phenoxy) is 1. The Labute approximate surface area is 94.5 Å². The minimum absolute atomic E-state index is 0.385. The fourth-order valence-electron chi connectivity index (χ4n) is 1.70. The molecule has 0 aliphatic rings. The highest BCUT2D eigenvalue weighted by Crippen LogP contribution is 2.14. The first-order valence-corrected chi connectivity index (χ1v) is 6.34. The van der Waals surface area contributed by atoms with Crippen LogP contribution in [0.5, 0.6) is 0 Å². The quantitative estimate of drug-likeness (QED) is 0.587. The first-order valence-electron chi connectivity index (χ1n) is 6.34. The molecule has 0 aromatic heterocycles. The van der Waals surface area contributed by atoms with Gasteiger partial charge in [-0.25, -0.2) is 0 Å². The molecule has 0 radical (unpaired) electrons. The first-order chi connectivity index (χ1) is 7.28. The maximum Gasteiger partial charge on any atom is 0.0576 e. The average Bonchev–Trinajstić information content (AvgIpc) is 2.28. The lowest BCUT2D eigenvalue weighted by molar-refractivity contribution is -0.0246. The average molecular weight is 216 g/mol. The van der Waals surface area contributed by atoms with Crippen LogP contribution in [0.4, 0.5) is 0 Å². The number of hydrogen-bond acceptors (Lipinski definition) is 3. The van der Waals surface area contributed by atoms with Crippen molar-refractivity contribution in [2.24, 2.45) is 11.5 Å². The van der Waals surface area contributed by atoms with Gasteiger partial charge < -0.3 is 16.2 Å². The molecule has 15 heavy (non-hydrogen) atoms. The fraction of sp³-hybridized carbons (Fsp3) is 1.00. The molecule has 2 atom stereocenters. The Kier molecular flexibility index (Phi) is 10.3. The van der Waals surface area contributed by atoms with E-state index >= 15 is 0 Å². The van der Waals surface area contributed by atoms with Gasteiger partial charge in [0.05, 0.1) is 12.2 Å². The van der Waals surface area contributed by atoms with Gasteiger partial charge in [-0.1, -0.05) is 13.8 Å².